The van der Waals surface area contributed by atoms with E-state index in [-0.39, 0.29) is 11.7 Å². The van der Waals surface area contributed by atoms with Gasteiger partial charge in [0.05, 0.1) is 10.6 Å². The number of nitrogens with two attached hydrogens (primary N) is 1. The van der Waals surface area contributed by atoms with Gasteiger partial charge in [-0.3, -0.25) is 9.69 Å². The average molecular weight is 298 g/mol. The van der Waals surface area contributed by atoms with E-state index in [1.54, 1.807) is 11.0 Å². The van der Waals surface area contributed by atoms with Crippen molar-refractivity contribution >= 4 is 17.5 Å². The molecule has 5 nitrogen and oxygen atoms in total. The van der Waals surface area contributed by atoms with E-state index in [0.29, 0.717) is 30.2 Å². The molecule has 6 heteroatoms. The predicted octanol–water partition coefficient (Wildman–Crippen LogP) is 1.15. The van der Waals surface area contributed by atoms with E-state index in [1.807, 2.05) is 0 Å². The fourth-order valence-corrected chi connectivity index (χ4v) is 2.54. The molecule has 20 heavy (non-hydrogen) atoms. The largest absolute Gasteiger partial charge is 0.508 e. The fraction of sp³-hybridized carbons (Fsp3) is 0.500. The third-order valence-electron chi connectivity index (χ3n) is 3.52. The maximum absolute atomic E-state index is 12.4. The van der Waals surface area contributed by atoms with Crippen molar-refractivity contribution in [3.63, 3.8) is 0 Å². The predicted molar refractivity (Wildman–Crippen MR) is 79.1 cm³/mol. The Morgan fingerprint density at radius 1 is 1.30 bits per heavy atom. The highest BCUT2D eigenvalue weighted by Gasteiger charge is 2.23. The molecule has 1 heterocycles. The van der Waals surface area contributed by atoms with Crippen LogP contribution in [-0.4, -0.2) is 60.1 Å². The molecule has 0 unspecified atom stereocenters. The van der Waals surface area contributed by atoms with Crippen LogP contribution in [0.25, 0.3) is 0 Å². The highest BCUT2D eigenvalue weighted by Crippen LogP contribution is 2.23. The molecule has 110 valence electrons. The van der Waals surface area contributed by atoms with E-state index in [4.69, 9.17) is 17.3 Å². The number of phenols is 1. The smallest absolute Gasteiger partial charge is 0.255 e. The van der Waals surface area contributed by atoms with Crippen LogP contribution in [0.4, 0.5) is 0 Å². The van der Waals surface area contributed by atoms with Crippen molar-refractivity contribution in [3.05, 3.63) is 28.8 Å². The number of carbonyl (C=O) groups excluding carboxylic acids is 1. The van der Waals surface area contributed by atoms with Crippen molar-refractivity contribution in [2.45, 2.75) is 6.42 Å². The third kappa shape index (κ3) is 3.62. The number of nitrogens with zero attached hydrogens (tertiary/aromatic N) is 2. The lowest BCUT2D eigenvalue weighted by Crippen LogP contribution is -2.49. The molecule has 3 N–H and O–H groups in total. The van der Waals surface area contributed by atoms with Gasteiger partial charge < -0.3 is 15.7 Å². The zero-order valence-corrected chi connectivity index (χ0v) is 12.1. The number of halogens is 1. The van der Waals surface area contributed by atoms with Crippen LogP contribution in [0, 0.1) is 0 Å². The number of hydrogen-bond donors (Lipinski definition) is 2. The summed E-state index contributed by atoms with van der Waals surface area (Å²) in [6, 6.07) is 4.44. The second kappa shape index (κ2) is 6.92. The topological polar surface area (TPSA) is 69.8 Å². The summed E-state index contributed by atoms with van der Waals surface area (Å²) in [6.45, 7) is 4.72. The lowest BCUT2D eigenvalue weighted by Gasteiger charge is -2.34. The Hall–Kier alpha value is -1.30. The minimum absolute atomic E-state index is 0.0549. The minimum atomic E-state index is -0.121. The van der Waals surface area contributed by atoms with Gasteiger partial charge in [0.25, 0.3) is 5.91 Å². The summed E-state index contributed by atoms with van der Waals surface area (Å²) in [5, 5.41) is 9.85. The zero-order chi connectivity index (χ0) is 14.5. The second-order valence-electron chi connectivity index (χ2n) is 4.94. The molecule has 1 amide bonds. The van der Waals surface area contributed by atoms with Crippen molar-refractivity contribution in [3.8, 4) is 5.75 Å². The molecule has 1 aromatic carbocycles. The number of carbonyl (C=O) groups is 1. The van der Waals surface area contributed by atoms with E-state index in [9.17, 15) is 9.90 Å². The SMILES string of the molecule is NCCCN1CCN(C(=O)c2cc(O)ccc2Cl)CC1. The number of phenolic OH excluding ortho intramolecular Hbond substituents is 1. The number of amides is 1. The lowest BCUT2D eigenvalue weighted by atomic mass is 10.1. The first-order valence-corrected chi connectivity index (χ1v) is 7.20. The first-order chi connectivity index (χ1) is 9.61. The van der Waals surface area contributed by atoms with Crippen LogP contribution in [0.1, 0.15) is 16.8 Å². The Morgan fingerprint density at radius 2 is 2.00 bits per heavy atom. The molecule has 0 aliphatic carbocycles. The molecule has 1 saturated heterocycles. The molecule has 0 spiro atoms. The van der Waals surface area contributed by atoms with Gasteiger partial charge >= 0.3 is 0 Å². The summed E-state index contributed by atoms with van der Waals surface area (Å²) < 4.78 is 0. The van der Waals surface area contributed by atoms with Gasteiger partial charge in [0, 0.05) is 26.2 Å². The molecule has 1 aliphatic heterocycles. The molecular weight excluding hydrogens is 278 g/mol. The Kier molecular flexibility index (Phi) is 5.23. The van der Waals surface area contributed by atoms with E-state index >= 15 is 0 Å². The molecular formula is C14H20ClN3O2. The van der Waals surface area contributed by atoms with Crippen molar-refractivity contribution in [1.29, 1.82) is 0 Å². The normalized spacial score (nSPS) is 16.4. The van der Waals surface area contributed by atoms with Gasteiger partial charge in [0.15, 0.2) is 0 Å². The van der Waals surface area contributed by atoms with Crippen LogP contribution in [0.5, 0.6) is 5.75 Å². The zero-order valence-electron chi connectivity index (χ0n) is 11.4. The molecule has 0 radical (unpaired) electrons. The Balaban J connectivity index is 1.96. The Bertz CT molecular complexity index is 473. The van der Waals surface area contributed by atoms with Crippen molar-refractivity contribution in [2.24, 2.45) is 5.73 Å². The molecule has 0 saturated carbocycles. The van der Waals surface area contributed by atoms with Crippen LogP contribution in [-0.2, 0) is 0 Å². The summed E-state index contributed by atoms with van der Waals surface area (Å²) in [4.78, 5) is 16.5. The summed E-state index contributed by atoms with van der Waals surface area (Å²) in [5.41, 5.74) is 5.86. The number of piperazine rings is 1. The first-order valence-electron chi connectivity index (χ1n) is 6.82. The maximum Gasteiger partial charge on any atom is 0.255 e. The monoisotopic (exact) mass is 297 g/mol. The quantitative estimate of drug-likeness (QED) is 0.875. The number of benzene rings is 1. The Morgan fingerprint density at radius 3 is 2.65 bits per heavy atom. The number of aromatic hydroxyl groups is 1. The average Bonchev–Trinajstić information content (AvgIpc) is 2.47. The molecule has 1 aromatic rings. The van der Waals surface area contributed by atoms with Gasteiger partial charge in [-0.25, -0.2) is 0 Å². The van der Waals surface area contributed by atoms with Gasteiger partial charge in [-0.1, -0.05) is 11.6 Å². The second-order valence-corrected chi connectivity index (χ2v) is 5.35. The van der Waals surface area contributed by atoms with E-state index in [0.717, 1.165) is 26.1 Å². The first kappa shape index (κ1) is 15.1. The highest BCUT2D eigenvalue weighted by molar-refractivity contribution is 6.33. The van der Waals surface area contributed by atoms with Crippen LogP contribution in [0.2, 0.25) is 5.02 Å². The minimum Gasteiger partial charge on any atom is -0.508 e. The van der Waals surface area contributed by atoms with Crippen molar-refractivity contribution in [2.75, 3.05) is 39.3 Å². The van der Waals surface area contributed by atoms with Gasteiger partial charge in [-0.05, 0) is 37.7 Å². The maximum atomic E-state index is 12.4. The summed E-state index contributed by atoms with van der Waals surface area (Å²) in [6.07, 6.45) is 0.979. The summed E-state index contributed by atoms with van der Waals surface area (Å²) >= 11 is 6.02. The van der Waals surface area contributed by atoms with E-state index in [1.165, 1.54) is 12.1 Å². The fourth-order valence-electron chi connectivity index (χ4n) is 2.34. The lowest BCUT2D eigenvalue weighted by molar-refractivity contribution is 0.0636. The van der Waals surface area contributed by atoms with Crippen molar-refractivity contribution in [1.82, 2.24) is 9.80 Å². The molecule has 2 rings (SSSR count). The van der Waals surface area contributed by atoms with Crippen molar-refractivity contribution < 1.29 is 9.90 Å². The molecule has 1 aliphatic rings. The summed E-state index contributed by atoms with van der Waals surface area (Å²) in [5.74, 6) is -0.0660. The van der Waals surface area contributed by atoms with Gasteiger partial charge in [0.2, 0.25) is 0 Å². The van der Waals surface area contributed by atoms with Gasteiger partial charge in [0.1, 0.15) is 5.75 Å². The molecule has 1 fully saturated rings. The van der Waals surface area contributed by atoms with E-state index < -0.39 is 0 Å². The molecule has 0 aromatic heterocycles. The van der Waals surface area contributed by atoms with E-state index in [2.05, 4.69) is 4.90 Å². The number of rotatable bonds is 4. The van der Waals surface area contributed by atoms with Gasteiger partial charge in [-0.15, -0.1) is 0 Å². The Labute approximate surface area is 123 Å². The third-order valence-corrected chi connectivity index (χ3v) is 3.85. The number of hydrogen-bond acceptors (Lipinski definition) is 4. The summed E-state index contributed by atoms with van der Waals surface area (Å²) in [7, 11) is 0. The van der Waals surface area contributed by atoms with Crippen LogP contribution in [0.3, 0.4) is 0 Å². The van der Waals surface area contributed by atoms with Crippen LogP contribution < -0.4 is 5.73 Å². The van der Waals surface area contributed by atoms with Crippen LogP contribution >= 0.6 is 11.6 Å². The highest BCUT2D eigenvalue weighted by atomic mass is 35.5. The van der Waals surface area contributed by atoms with Crippen LogP contribution in [0.15, 0.2) is 18.2 Å². The van der Waals surface area contributed by atoms with Gasteiger partial charge in [-0.2, -0.15) is 0 Å². The standard InChI is InChI=1S/C14H20ClN3O2/c15-13-3-2-11(19)10-12(13)14(20)18-8-6-17(7-9-18)5-1-4-16/h2-3,10,19H,1,4-9,16H2. The molecule has 0 atom stereocenters. The molecule has 0 bridgehead atoms.